The molecule has 0 saturated heterocycles. The minimum atomic E-state index is -0.861. The molecule has 4 nitrogen and oxygen atoms in total. The first-order valence-corrected chi connectivity index (χ1v) is 13.2. The number of aryl methyl sites for hydroxylation is 1. The molecule has 0 fully saturated rings. The molecule has 38 heavy (non-hydrogen) atoms. The number of nitrogens with one attached hydrogen (secondary N) is 1. The highest BCUT2D eigenvalue weighted by Gasteiger charge is 2.31. The number of hydrogen-bond donors (Lipinski definition) is 2. The summed E-state index contributed by atoms with van der Waals surface area (Å²) in [6.45, 7) is 6.94. The van der Waals surface area contributed by atoms with Crippen molar-refractivity contribution < 1.29 is 14.6 Å². The van der Waals surface area contributed by atoms with Gasteiger partial charge in [0.15, 0.2) is 0 Å². The topological polar surface area (TPSA) is 58.6 Å². The van der Waals surface area contributed by atoms with Gasteiger partial charge in [0.1, 0.15) is 5.75 Å². The van der Waals surface area contributed by atoms with Gasteiger partial charge in [0.2, 0.25) is 0 Å². The van der Waals surface area contributed by atoms with Crippen molar-refractivity contribution in [2.45, 2.75) is 58.1 Å². The van der Waals surface area contributed by atoms with Gasteiger partial charge in [-0.3, -0.25) is 0 Å². The Morgan fingerprint density at radius 3 is 2.53 bits per heavy atom. The number of halogens is 1. The van der Waals surface area contributed by atoms with E-state index in [1.54, 1.807) is 0 Å². The van der Waals surface area contributed by atoms with E-state index in [2.05, 4.69) is 66.8 Å². The molecule has 4 aromatic carbocycles. The lowest BCUT2D eigenvalue weighted by Gasteiger charge is -2.34. The van der Waals surface area contributed by atoms with Gasteiger partial charge in [-0.25, -0.2) is 4.79 Å². The van der Waals surface area contributed by atoms with Crippen LogP contribution in [0.5, 0.6) is 5.75 Å². The van der Waals surface area contributed by atoms with Crippen molar-refractivity contribution in [3.63, 3.8) is 0 Å². The molecule has 1 unspecified atom stereocenters. The summed E-state index contributed by atoms with van der Waals surface area (Å²) in [5.41, 5.74) is 5.64. The average molecular weight is 530 g/mol. The van der Waals surface area contributed by atoms with Crippen LogP contribution in [0, 0.1) is 13.8 Å². The van der Waals surface area contributed by atoms with Crippen LogP contribution in [0.2, 0.25) is 0 Å². The molecule has 5 heteroatoms. The summed E-state index contributed by atoms with van der Waals surface area (Å²) >= 11 is 0. The molecule has 1 heterocycles. The van der Waals surface area contributed by atoms with Gasteiger partial charge < -0.3 is 15.2 Å². The van der Waals surface area contributed by atoms with E-state index < -0.39 is 5.97 Å². The molecule has 3 atom stereocenters. The number of aromatic carboxylic acids is 1. The zero-order chi connectivity index (χ0) is 25.9. The predicted molar refractivity (Wildman–Crippen MR) is 157 cm³/mol. The van der Waals surface area contributed by atoms with E-state index >= 15 is 0 Å². The van der Waals surface area contributed by atoms with Gasteiger partial charge in [-0.2, -0.15) is 0 Å². The number of hydrogen-bond acceptors (Lipinski definition) is 3. The van der Waals surface area contributed by atoms with Crippen molar-refractivity contribution in [3.05, 3.63) is 112 Å². The van der Waals surface area contributed by atoms with Gasteiger partial charge in [0.25, 0.3) is 0 Å². The maximum absolute atomic E-state index is 12.0. The van der Waals surface area contributed by atoms with Crippen molar-refractivity contribution in [1.82, 2.24) is 5.32 Å². The molecule has 2 N–H and O–H groups in total. The molecule has 0 bridgehead atoms. The van der Waals surface area contributed by atoms with Crippen molar-refractivity contribution in [3.8, 4) is 5.75 Å². The molecule has 1 aliphatic rings. The number of carboxylic acids is 1. The Kier molecular flexibility index (Phi) is 8.76. The normalized spacial score (nSPS) is 17.2. The summed E-state index contributed by atoms with van der Waals surface area (Å²) in [5, 5.41) is 16.1. The minimum Gasteiger partial charge on any atom is -0.490 e. The van der Waals surface area contributed by atoms with Crippen molar-refractivity contribution in [2.75, 3.05) is 6.54 Å². The van der Waals surface area contributed by atoms with Gasteiger partial charge in [-0.15, -0.1) is 12.4 Å². The standard InChI is InChI=1S/C33H35NO3.ClH/c1-21-17-18-26(22(2)32(21)33(35)36)30-20-25(37-31-16-7-6-14-29(30)31)12-9-19-34-23(3)27-15-8-11-24-10-4-5-13-28(24)27;/h4-8,10-11,13-18,23,25,30,34H,9,12,19-20H2,1-3H3,(H,35,36);1H/t23?,25-,30-;/m1./s1. The quantitative estimate of drug-likeness (QED) is 0.227. The van der Waals surface area contributed by atoms with Crippen LogP contribution in [-0.2, 0) is 0 Å². The number of ether oxygens (including phenoxy) is 1. The maximum atomic E-state index is 12.0. The third-order valence-corrected chi connectivity index (χ3v) is 7.83. The number of rotatable bonds is 8. The predicted octanol–water partition coefficient (Wildman–Crippen LogP) is 7.99. The minimum absolute atomic E-state index is 0. The fourth-order valence-corrected chi connectivity index (χ4v) is 5.92. The Labute approximate surface area is 231 Å². The van der Waals surface area contributed by atoms with Crippen LogP contribution in [-0.4, -0.2) is 23.7 Å². The monoisotopic (exact) mass is 529 g/mol. The molecular weight excluding hydrogens is 494 g/mol. The molecular formula is C33H36ClNO3. The van der Waals surface area contributed by atoms with Crippen LogP contribution < -0.4 is 10.1 Å². The van der Waals surface area contributed by atoms with Crippen LogP contribution in [0.25, 0.3) is 10.8 Å². The van der Waals surface area contributed by atoms with Gasteiger partial charge >= 0.3 is 5.97 Å². The number of para-hydroxylation sites is 1. The lowest BCUT2D eigenvalue weighted by Crippen LogP contribution is -2.28. The lowest BCUT2D eigenvalue weighted by molar-refractivity contribution is 0.0695. The smallest absolute Gasteiger partial charge is 0.336 e. The molecule has 4 aromatic rings. The second kappa shape index (κ2) is 12.0. The fourth-order valence-electron chi connectivity index (χ4n) is 5.92. The Balaban J connectivity index is 0.00000336. The summed E-state index contributed by atoms with van der Waals surface area (Å²) in [7, 11) is 0. The van der Waals surface area contributed by atoms with Gasteiger partial charge in [-0.1, -0.05) is 72.8 Å². The van der Waals surface area contributed by atoms with E-state index in [0.29, 0.717) is 5.56 Å². The SMILES string of the molecule is Cc1ccc([C@H]2C[C@@H](CCCNC(C)c3cccc4ccccc34)Oc3ccccc32)c(C)c1C(=O)O.Cl. The molecule has 198 valence electrons. The largest absolute Gasteiger partial charge is 0.490 e. The molecule has 0 aromatic heterocycles. The summed E-state index contributed by atoms with van der Waals surface area (Å²) < 4.78 is 6.43. The van der Waals surface area contributed by atoms with E-state index in [1.807, 2.05) is 38.1 Å². The molecule has 1 aliphatic heterocycles. The van der Waals surface area contributed by atoms with Crippen molar-refractivity contribution >= 4 is 29.1 Å². The highest BCUT2D eigenvalue weighted by atomic mass is 35.5. The van der Waals surface area contributed by atoms with Crippen molar-refractivity contribution in [2.24, 2.45) is 0 Å². The molecule has 0 amide bonds. The number of carboxylic acid groups (broad SMARTS) is 1. The average Bonchev–Trinajstić information content (AvgIpc) is 2.90. The fraction of sp³-hybridized carbons (Fsp3) is 0.303. The highest BCUT2D eigenvalue weighted by molar-refractivity contribution is 5.91. The molecule has 0 saturated carbocycles. The van der Waals surface area contributed by atoms with E-state index in [0.717, 1.165) is 53.8 Å². The summed E-state index contributed by atoms with van der Waals surface area (Å²) in [6.07, 6.45) is 2.88. The molecule has 0 spiro atoms. The first kappa shape index (κ1) is 27.7. The Hall–Kier alpha value is -3.34. The zero-order valence-electron chi connectivity index (χ0n) is 22.2. The molecule has 0 aliphatic carbocycles. The van der Waals surface area contributed by atoms with Gasteiger partial charge in [0.05, 0.1) is 11.7 Å². The van der Waals surface area contributed by atoms with E-state index in [-0.39, 0.29) is 30.5 Å². The maximum Gasteiger partial charge on any atom is 0.336 e. The molecule has 5 rings (SSSR count). The molecule has 0 radical (unpaired) electrons. The number of carbonyl (C=O) groups is 1. The highest BCUT2D eigenvalue weighted by Crippen LogP contribution is 2.43. The van der Waals surface area contributed by atoms with Crippen molar-refractivity contribution in [1.29, 1.82) is 0 Å². The second-order valence-corrected chi connectivity index (χ2v) is 10.2. The van der Waals surface area contributed by atoms with E-state index in [4.69, 9.17) is 4.74 Å². The Morgan fingerprint density at radius 2 is 1.71 bits per heavy atom. The van der Waals surface area contributed by atoms with Crippen LogP contribution >= 0.6 is 12.4 Å². The lowest BCUT2D eigenvalue weighted by atomic mass is 9.80. The van der Waals surface area contributed by atoms with Crippen LogP contribution in [0.1, 0.15) is 76.3 Å². The zero-order valence-corrected chi connectivity index (χ0v) is 23.1. The number of fused-ring (bicyclic) bond motifs is 2. The summed E-state index contributed by atoms with van der Waals surface area (Å²) in [5.74, 6) is 0.175. The van der Waals surface area contributed by atoms with Crippen LogP contribution in [0.4, 0.5) is 0 Å². The van der Waals surface area contributed by atoms with E-state index in [1.165, 1.54) is 16.3 Å². The first-order chi connectivity index (χ1) is 17.9. The van der Waals surface area contributed by atoms with Crippen LogP contribution in [0.3, 0.4) is 0 Å². The van der Waals surface area contributed by atoms with E-state index in [9.17, 15) is 9.90 Å². The first-order valence-electron chi connectivity index (χ1n) is 13.2. The second-order valence-electron chi connectivity index (χ2n) is 10.2. The van der Waals surface area contributed by atoms with Gasteiger partial charge in [0, 0.05) is 17.5 Å². The summed E-state index contributed by atoms with van der Waals surface area (Å²) in [6, 6.07) is 27.6. The van der Waals surface area contributed by atoms with Gasteiger partial charge in [-0.05, 0) is 85.7 Å². The number of benzene rings is 4. The third-order valence-electron chi connectivity index (χ3n) is 7.83. The third kappa shape index (κ3) is 5.57. The van der Waals surface area contributed by atoms with Crippen LogP contribution in [0.15, 0.2) is 78.9 Å². The Morgan fingerprint density at radius 1 is 0.974 bits per heavy atom. The Bertz CT molecular complexity index is 1430. The summed E-state index contributed by atoms with van der Waals surface area (Å²) in [4.78, 5) is 12.0.